The van der Waals surface area contributed by atoms with Crippen LogP contribution in [-0.2, 0) is 6.42 Å². The Morgan fingerprint density at radius 2 is 1.91 bits per heavy atom. The van der Waals surface area contributed by atoms with Gasteiger partial charge in [-0.25, -0.2) is 9.79 Å². The number of rotatable bonds is 6. The van der Waals surface area contributed by atoms with Crippen LogP contribution >= 0.6 is 0 Å². The highest BCUT2D eigenvalue weighted by Gasteiger charge is 2.09. The highest BCUT2D eigenvalue weighted by Crippen LogP contribution is 2.20. The molecule has 0 fully saturated rings. The van der Waals surface area contributed by atoms with Crippen molar-refractivity contribution in [1.29, 1.82) is 0 Å². The maximum Gasteiger partial charge on any atom is 0.335 e. The molecule has 22 heavy (non-hydrogen) atoms. The lowest BCUT2D eigenvalue weighted by molar-refractivity contribution is 0.0696. The van der Waals surface area contributed by atoms with E-state index in [2.05, 4.69) is 11.9 Å². The van der Waals surface area contributed by atoms with Crippen molar-refractivity contribution in [3.05, 3.63) is 59.7 Å². The van der Waals surface area contributed by atoms with Crippen LogP contribution in [0.5, 0.6) is 0 Å². The molecule has 0 aliphatic carbocycles. The van der Waals surface area contributed by atoms with Crippen LogP contribution in [0.25, 0.3) is 0 Å². The summed E-state index contributed by atoms with van der Waals surface area (Å²) in [5, 5.41) is 9.15. The number of para-hydroxylation sites is 1. The molecular weight excluding hydrogens is 276 g/mol. The van der Waals surface area contributed by atoms with E-state index in [1.807, 2.05) is 48.2 Å². The van der Waals surface area contributed by atoms with Gasteiger partial charge in [-0.05, 0) is 49.2 Å². The van der Waals surface area contributed by atoms with Crippen molar-refractivity contribution in [2.45, 2.75) is 20.3 Å². The minimum Gasteiger partial charge on any atom is -0.478 e. The lowest BCUT2D eigenvalue weighted by Crippen LogP contribution is -2.19. The Hall–Kier alpha value is -2.62. The van der Waals surface area contributed by atoms with Crippen molar-refractivity contribution in [3.63, 3.8) is 0 Å². The van der Waals surface area contributed by atoms with Crippen LogP contribution < -0.4 is 4.90 Å². The van der Waals surface area contributed by atoms with E-state index in [1.165, 1.54) is 0 Å². The van der Waals surface area contributed by atoms with Gasteiger partial charge in [-0.15, -0.1) is 0 Å². The molecule has 0 aliphatic heterocycles. The van der Waals surface area contributed by atoms with Gasteiger partial charge in [0.2, 0.25) is 0 Å². The third kappa shape index (κ3) is 3.73. The van der Waals surface area contributed by atoms with Crippen molar-refractivity contribution >= 4 is 23.7 Å². The normalized spacial score (nSPS) is 10.8. The monoisotopic (exact) mass is 296 g/mol. The Bertz CT molecular complexity index is 666. The van der Waals surface area contributed by atoms with Crippen LogP contribution in [0.15, 0.2) is 53.5 Å². The van der Waals surface area contributed by atoms with Crippen LogP contribution in [0.1, 0.15) is 29.8 Å². The van der Waals surface area contributed by atoms with E-state index in [-0.39, 0.29) is 0 Å². The molecule has 0 radical (unpaired) electrons. The molecule has 2 aromatic rings. The number of nitrogens with zero attached hydrogens (tertiary/aromatic N) is 2. The molecule has 0 atom stereocenters. The molecule has 2 aromatic carbocycles. The molecule has 4 heteroatoms. The highest BCUT2D eigenvalue weighted by molar-refractivity contribution is 5.90. The summed E-state index contributed by atoms with van der Waals surface area (Å²) in [5.41, 5.74) is 2.98. The first-order valence-corrected chi connectivity index (χ1v) is 7.37. The van der Waals surface area contributed by atoms with Crippen LogP contribution in [0, 0.1) is 0 Å². The number of aromatic carboxylic acids is 1. The zero-order valence-corrected chi connectivity index (χ0v) is 12.9. The van der Waals surface area contributed by atoms with E-state index in [4.69, 9.17) is 5.11 Å². The van der Waals surface area contributed by atoms with Crippen LogP contribution in [0.2, 0.25) is 0 Å². The SMILES string of the molecule is CCc1cc(N=CN(CC)c2ccccc2)ccc1C(=O)O. The molecule has 0 unspecified atom stereocenters. The lowest BCUT2D eigenvalue weighted by atomic mass is 10.0. The average Bonchev–Trinajstić information content (AvgIpc) is 2.56. The van der Waals surface area contributed by atoms with Gasteiger partial charge >= 0.3 is 5.97 Å². The van der Waals surface area contributed by atoms with E-state index in [0.717, 1.165) is 23.5 Å². The van der Waals surface area contributed by atoms with Gasteiger partial charge in [0.05, 0.1) is 17.6 Å². The van der Waals surface area contributed by atoms with Gasteiger partial charge in [0, 0.05) is 12.2 Å². The molecular formula is C18H20N2O2. The van der Waals surface area contributed by atoms with E-state index in [0.29, 0.717) is 12.0 Å². The van der Waals surface area contributed by atoms with Gasteiger partial charge in [0.1, 0.15) is 0 Å². The summed E-state index contributed by atoms with van der Waals surface area (Å²) >= 11 is 0. The fourth-order valence-corrected chi connectivity index (χ4v) is 2.25. The topological polar surface area (TPSA) is 52.9 Å². The Morgan fingerprint density at radius 3 is 2.50 bits per heavy atom. The number of carboxylic acids is 1. The second-order valence-corrected chi connectivity index (χ2v) is 4.87. The molecule has 114 valence electrons. The molecule has 0 saturated heterocycles. The molecule has 0 aromatic heterocycles. The van der Waals surface area contributed by atoms with Crippen LogP contribution in [0.4, 0.5) is 11.4 Å². The largest absolute Gasteiger partial charge is 0.478 e. The minimum atomic E-state index is -0.896. The van der Waals surface area contributed by atoms with E-state index in [1.54, 1.807) is 18.5 Å². The molecule has 0 spiro atoms. The Kier molecular flexibility index (Phi) is 5.31. The fourth-order valence-electron chi connectivity index (χ4n) is 2.25. The first kappa shape index (κ1) is 15.8. The summed E-state index contributed by atoms with van der Waals surface area (Å²) in [5.74, 6) is -0.896. The van der Waals surface area contributed by atoms with E-state index < -0.39 is 5.97 Å². The molecule has 0 saturated carbocycles. The summed E-state index contributed by atoms with van der Waals surface area (Å²) in [6.07, 6.45) is 2.45. The number of aryl methyl sites for hydroxylation is 1. The highest BCUT2D eigenvalue weighted by atomic mass is 16.4. The fraction of sp³-hybridized carbons (Fsp3) is 0.222. The van der Waals surface area contributed by atoms with Gasteiger partial charge < -0.3 is 10.0 Å². The molecule has 0 heterocycles. The lowest BCUT2D eigenvalue weighted by Gasteiger charge is -2.17. The minimum absolute atomic E-state index is 0.344. The quantitative estimate of drug-likeness (QED) is 0.644. The molecule has 0 amide bonds. The molecule has 2 rings (SSSR count). The second kappa shape index (κ2) is 7.41. The smallest absolute Gasteiger partial charge is 0.335 e. The maximum atomic E-state index is 11.1. The third-order valence-corrected chi connectivity index (χ3v) is 3.47. The van der Waals surface area contributed by atoms with Crippen molar-refractivity contribution in [2.75, 3.05) is 11.4 Å². The first-order valence-electron chi connectivity index (χ1n) is 7.37. The number of anilines is 1. The van der Waals surface area contributed by atoms with Gasteiger partial charge in [0.25, 0.3) is 0 Å². The Labute approximate surface area is 130 Å². The number of carbonyl (C=O) groups is 1. The summed E-state index contributed by atoms with van der Waals surface area (Å²) < 4.78 is 0. The molecule has 0 bridgehead atoms. The zero-order valence-electron chi connectivity index (χ0n) is 12.9. The van der Waals surface area contributed by atoms with Gasteiger partial charge in [0.15, 0.2) is 0 Å². The summed E-state index contributed by atoms with van der Waals surface area (Å²) in [6.45, 7) is 4.81. The molecule has 4 nitrogen and oxygen atoms in total. The van der Waals surface area contributed by atoms with Crippen LogP contribution in [0.3, 0.4) is 0 Å². The van der Waals surface area contributed by atoms with E-state index >= 15 is 0 Å². The summed E-state index contributed by atoms with van der Waals surface area (Å²) in [4.78, 5) is 17.7. The maximum absolute atomic E-state index is 11.1. The number of hydrogen-bond donors (Lipinski definition) is 1. The van der Waals surface area contributed by atoms with Crippen LogP contribution in [-0.4, -0.2) is 24.0 Å². The summed E-state index contributed by atoms with van der Waals surface area (Å²) in [6, 6.07) is 15.2. The predicted molar refractivity (Wildman–Crippen MR) is 90.4 cm³/mol. The Morgan fingerprint density at radius 1 is 1.18 bits per heavy atom. The Balaban J connectivity index is 2.24. The van der Waals surface area contributed by atoms with Gasteiger partial charge in [-0.2, -0.15) is 0 Å². The average molecular weight is 296 g/mol. The number of benzene rings is 2. The van der Waals surface area contributed by atoms with Crippen molar-refractivity contribution < 1.29 is 9.90 Å². The van der Waals surface area contributed by atoms with Gasteiger partial charge in [-0.1, -0.05) is 25.1 Å². The number of carboxylic acid groups (broad SMARTS) is 1. The molecule has 1 N–H and O–H groups in total. The van der Waals surface area contributed by atoms with Crippen molar-refractivity contribution in [3.8, 4) is 0 Å². The zero-order chi connectivity index (χ0) is 15.9. The van der Waals surface area contributed by atoms with Gasteiger partial charge in [-0.3, -0.25) is 0 Å². The number of hydrogen-bond acceptors (Lipinski definition) is 2. The third-order valence-electron chi connectivity index (χ3n) is 3.47. The molecule has 0 aliphatic rings. The van der Waals surface area contributed by atoms with E-state index in [9.17, 15) is 4.79 Å². The summed E-state index contributed by atoms with van der Waals surface area (Å²) in [7, 11) is 0. The standard InChI is InChI=1S/C18H20N2O2/c1-3-14-12-15(10-11-17(14)18(21)22)19-13-20(4-2)16-8-6-5-7-9-16/h5-13H,3-4H2,1-2H3,(H,21,22). The predicted octanol–water partition coefficient (Wildman–Crippen LogP) is 4.13. The van der Waals surface area contributed by atoms with Crippen molar-refractivity contribution in [2.24, 2.45) is 4.99 Å². The second-order valence-electron chi connectivity index (χ2n) is 4.87. The number of aliphatic imine (C=N–C) groups is 1. The first-order chi connectivity index (χ1) is 10.7. The van der Waals surface area contributed by atoms with Crippen molar-refractivity contribution in [1.82, 2.24) is 0 Å².